The van der Waals surface area contributed by atoms with Gasteiger partial charge in [-0.05, 0) is 38.4 Å². The zero-order valence-electron chi connectivity index (χ0n) is 12.0. The molecule has 1 aromatic heterocycles. The number of rotatable bonds is 3. The zero-order valence-corrected chi connectivity index (χ0v) is 12.0. The van der Waals surface area contributed by atoms with E-state index in [1.807, 2.05) is 24.3 Å². The molecule has 2 N–H and O–H groups in total. The lowest BCUT2D eigenvalue weighted by molar-refractivity contribution is -0.120. The van der Waals surface area contributed by atoms with E-state index in [2.05, 4.69) is 27.9 Å². The molecule has 2 unspecified atom stereocenters. The Bertz CT molecular complexity index is 610. The molecule has 2 atom stereocenters. The number of nitrogens with one attached hydrogen (secondary N) is 2. The lowest BCUT2D eigenvalue weighted by atomic mass is 9.92. The second-order valence-electron chi connectivity index (χ2n) is 5.43. The topological polar surface area (TPSA) is 71.8 Å². The fourth-order valence-electron chi connectivity index (χ4n) is 2.72. The van der Waals surface area contributed by atoms with Crippen LogP contribution in [0.25, 0.3) is 5.69 Å². The molecule has 110 valence electrons. The predicted molar refractivity (Wildman–Crippen MR) is 80.2 cm³/mol. The number of carbonyl (C=O) groups is 1. The molecule has 0 saturated carbocycles. The number of benzene rings is 1. The van der Waals surface area contributed by atoms with Gasteiger partial charge in [-0.25, -0.2) is 4.68 Å². The number of hydrogen-bond acceptors (Lipinski definition) is 4. The molecule has 1 aromatic carbocycles. The van der Waals surface area contributed by atoms with Crippen molar-refractivity contribution >= 4 is 11.6 Å². The molecule has 0 aliphatic carbocycles. The molecular formula is C15H19N5O. The van der Waals surface area contributed by atoms with E-state index in [0.717, 1.165) is 30.8 Å². The van der Waals surface area contributed by atoms with Crippen molar-refractivity contribution in [2.45, 2.75) is 25.8 Å². The molecule has 1 fully saturated rings. The van der Waals surface area contributed by atoms with E-state index >= 15 is 0 Å². The normalized spacial score (nSPS) is 22.0. The highest BCUT2D eigenvalue weighted by molar-refractivity contribution is 5.94. The van der Waals surface area contributed by atoms with Gasteiger partial charge in [0.05, 0.1) is 23.8 Å². The summed E-state index contributed by atoms with van der Waals surface area (Å²) in [7, 11) is 0. The number of para-hydroxylation sites is 2. The Labute approximate surface area is 123 Å². The first-order chi connectivity index (χ1) is 10.2. The average Bonchev–Trinajstić information content (AvgIpc) is 3.02. The first-order valence-electron chi connectivity index (χ1n) is 7.24. The van der Waals surface area contributed by atoms with Crippen LogP contribution >= 0.6 is 0 Å². The predicted octanol–water partition coefficient (Wildman–Crippen LogP) is 1.59. The average molecular weight is 285 g/mol. The Kier molecular flexibility index (Phi) is 3.96. The van der Waals surface area contributed by atoms with Crippen molar-refractivity contribution in [1.82, 2.24) is 20.3 Å². The Morgan fingerprint density at radius 1 is 1.43 bits per heavy atom. The lowest BCUT2D eigenvalue weighted by Crippen LogP contribution is -2.40. The van der Waals surface area contributed by atoms with Crippen molar-refractivity contribution in [2.75, 3.05) is 11.9 Å². The Hall–Kier alpha value is -2.21. The number of aromatic nitrogens is 3. The summed E-state index contributed by atoms with van der Waals surface area (Å²) in [4.78, 5) is 12.5. The highest BCUT2D eigenvalue weighted by Crippen LogP contribution is 2.22. The number of piperidine rings is 1. The minimum atomic E-state index is 0.0602. The summed E-state index contributed by atoms with van der Waals surface area (Å²) in [5, 5.41) is 14.2. The maximum absolute atomic E-state index is 12.5. The van der Waals surface area contributed by atoms with Crippen LogP contribution in [0.4, 0.5) is 5.69 Å². The van der Waals surface area contributed by atoms with Crippen molar-refractivity contribution in [2.24, 2.45) is 5.92 Å². The molecule has 21 heavy (non-hydrogen) atoms. The summed E-state index contributed by atoms with van der Waals surface area (Å²) in [6, 6.07) is 8.01. The van der Waals surface area contributed by atoms with Crippen LogP contribution in [0.15, 0.2) is 36.7 Å². The molecule has 2 aromatic rings. The van der Waals surface area contributed by atoms with E-state index in [-0.39, 0.29) is 11.8 Å². The molecular weight excluding hydrogens is 266 g/mol. The summed E-state index contributed by atoms with van der Waals surface area (Å²) in [6.07, 6.45) is 5.13. The van der Waals surface area contributed by atoms with Gasteiger partial charge in [0.25, 0.3) is 0 Å². The zero-order chi connectivity index (χ0) is 14.7. The van der Waals surface area contributed by atoms with Crippen molar-refractivity contribution in [3.8, 4) is 5.69 Å². The van der Waals surface area contributed by atoms with Crippen LogP contribution in [0.5, 0.6) is 0 Å². The summed E-state index contributed by atoms with van der Waals surface area (Å²) in [5.41, 5.74) is 1.59. The van der Waals surface area contributed by atoms with E-state index < -0.39 is 0 Å². The van der Waals surface area contributed by atoms with Crippen LogP contribution in [0, 0.1) is 5.92 Å². The van der Waals surface area contributed by atoms with Gasteiger partial charge in [0, 0.05) is 12.0 Å². The second kappa shape index (κ2) is 6.05. The number of hydrogen-bond donors (Lipinski definition) is 2. The third-order valence-corrected chi connectivity index (χ3v) is 3.83. The third-order valence-electron chi connectivity index (χ3n) is 3.83. The highest BCUT2D eigenvalue weighted by atomic mass is 16.1. The molecule has 6 heteroatoms. The molecule has 0 bridgehead atoms. The fraction of sp³-hybridized carbons (Fsp3) is 0.400. The van der Waals surface area contributed by atoms with E-state index in [9.17, 15) is 4.79 Å². The van der Waals surface area contributed by atoms with Gasteiger partial charge in [0.2, 0.25) is 5.91 Å². The molecule has 0 radical (unpaired) electrons. The smallest absolute Gasteiger partial charge is 0.227 e. The number of anilines is 1. The summed E-state index contributed by atoms with van der Waals surface area (Å²) >= 11 is 0. The monoisotopic (exact) mass is 285 g/mol. The summed E-state index contributed by atoms with van der Waals surface area (Å²) in [5.74, 6) is 0.140. The Morgan fingerprint density at radius 3 is 3.05 bits per heavy atom. The first kappa shape index (κ1) is 13.8. The van der Waals surface area contributed by atoms with Crippen LogP contribution in [-0.2, 0) is 4.79 Å². The van der Waals surface area contributed by atoms with Gasteiger partial charge in [-0.3, -0.25) is 4.79 Å². The molecule has 1 aliphatic heterocycles. The van der Waals surface area contributed by atoms with Gasteiger partial charge in [-0.1, -0.05) is 17.3 Å². The standard InChI is InChI=1S/C15H19N5O/c1-11-10-12(6-7-16-11)15(21)18-13-4-2-3-5-14(13)20-9-8-17-19-20/h2-5,8-9,11-12,16H,6-7,10H2,1H3,(H,18,21). The van der Waals surface area contributed by atoms with Crippen molar-refractivity contribution in [3.63, 3.8) is 0 Å². The number of amides is 1. The number of carbonyl (C=O) groups excluding carboxylic acids is 1. The van der Waals surface area contributed by atoms with Gasteiger partial charge < -0.3 is 10.6 Å². The minimum Gasteiger partial charge on any atom is -0.324 e. The van der Waals surface area contributed by atoms with Crippen LogP contribution < -0.4 is 10.6 Å². The van der Waals surface area contributed by atoms with E-state index in [4.69, 9.17) is 0 Å². The van der Waals surface area contributed by atoms with Crippen molar-refractivity contribution in [1.29, 1.82) is 0 Å². The summed E-state index contributed by atoms with van der Waals surface area (Å²) in [6.45, 7) is 3.01. The fourth-order valence-corrected chi connectivity index (χ4v) is 2.72. The molecule has 0 spiro atoms. The van der Waals surface area contributed by atoms with Crippen molar-refractivity contribution < 1.29 is 4.79 Å². The maximum Gasteiger partial charge on any atom is 0.227 e. The number of nitrogens with zero attached hydrogens (tertiary/aromatic N) is 3. The Balaban J connectivity index is 1.77. The third kappa shape index (κ3) is 3.11. The molecule has 1 saturated heterocycles. The van der Waals surface area contributed by atoms with E-state index in [1.54, 1.807) is 17.1 Å². The van der Waals surface area contributed by atoms with Crippen LogP contribution in [0.3, 0.4) is 0 Å². The summed E-state index contributed by atoms with van der Waals surface area (Å²) < 4.78 is 1.65. The van der Waals surface area contributed by atoms with Gasteiger partial charge >= 0.3 is 0 Å². The van der Waals surface area contributed by atoms with E-state index in [1.165, 1.54) is 0 Å². The van der Waals surface area contributed by atoms with Gasteiger partial charge in [-0.15, -0.1) is 5.10 Å². The molecule has 1 aliphatic rings. The van der Waals surface area contributed by atoms with Gasteiger partial charge in [-0.2, -0.15) is 0 Å². The first-order valence-corrected chi connectivity index (χ1v) is 7.24. The Morgan fingerprint density at radius 2 is 2.29 bits per heavy atom. The van der Waals surface area contributed by atoms with Gasteiger partial charge in [0.15, 0.2) is 0 Å². The molecule has 6 nitrogen and oxygen atoms in total. The van der Waals surface area contributed by atoms with Crippen LogP contribution in [0.1, 0.15) is 19.8 Å². The second-order valence-corrected chi connectivity index (χ2v) is 5.43. The maximum atomic E-state index is 12.5. The van der Waals surface area contributed by atoms with Gasteiger partial charge in [0.1, 0.15) is 0 Å². The largest absolute Gasteiger partial charge is 0.324 e. The quantitative estimate of drug-likeness (QED) is 0.898. The minimum absolute atomic E-state index is 0.0602. The molecule has 2 heterocycles. The molecule has 3 rings (SSSR count). The SMILES string of the molecule is CC1CC(C(=O)Nc2ccccc2-n2ccnn2)CCN1. The van der Waals surface area contributed by atoms with Crippen LogP contribution in [-0.4, -0.2) is 33.5 Å². The van der Waals surface area contributed by atoms with E-state index in [0.29, 0.717) is 6.04 Å². The highest BCUT2D eigenvalue weighted by Gasteiger charge is 2.25. The molecule has 1 amide bonds. The van der Waals surface area contributed by atoms with Crippen LogP contribution in [0.2, 0.25) is 0 Å². The lowest BCUT2D eigenvalue weighted by Gasteiger charge is -2.27. The van der Waals surface area contributed by atoms with Crippen molar-refractivity contribution in [3.05, 3.63) is 36.7 Å².